The summed E-state index contributed by atoms with van der Waals surface area (Å²) in [5.74, 6) is -1.18. The zero-order valence-corrected chi connectivity index (χ0v) is 13.2. The highest BCUT2D eigenvalue weighted by Crippen LogP contribution is 2.33. The monoisotopic (exact) mass is 334 g/mol. The van der Waals surface area contributed by atoms with E-state index < -0.39 is 18.2 Å². The number of carboxylic acids is 1. The Morgan fingerprint density at radius 1 is 1.33 bits per heavy atom. The summed E-state index contributed by atoms with van der Waals surface area (Å²) in [6.45, 7) is 1.91. The van der Waals surface area contributed by atoms with Gasteiger partial charge in [-0.15, -0.1) is 0 Å². The van der Waals surface area contributed by atoms with Gasteiger partial charge in [0.2, 0.25) is 5.91 Å². The van der Waals surface area contributed by atoms with Crippen molar-refractivity contribution < 1.29 is 29.0 Å². The normalized spacial score (nSPS) is 23.5. The molecule has 0 aromatic heterocycles. The Morgan fingerprint density at radius 3 is 2.83 bits per heavy atom. The average molecular weight is 334 g/mol. The van der Waals surface area contributed by atoms with Crippen LogP contribution in [0.25, 0.3) is 0 Å². The first-order chi connectivity index (χ1) is 11.5. The number of nitrogens with zero attached hydrogens (tertiary/aromatic N) is 2. The molecule has 24 heavy (non-hydrogen) atoms. The van der Waals surface area contributed by atoms with Crippen molar-refractivity contribution in [3.63, 3.8) is 0 Å². The molecule has 2 aliphatic rings. The molecule has 1 aromatic rings. The van der Waals surface area contributed by atoms with E-state index in [4.69, 9.17) is 14.6 Å². The highest BCUT2D eigenvalue weighted by atomic mass is 16.5. The number of hydrogen-bond acceptors (Lipinski definition) is 5. The minimum atomic E-state index is -1.10. The number of ether oxygens (including phenoxy) is 2. The molecule has 128 valence electrons. The van der Waals surface area contributed by atoms with Gasteiger partial charge in [-0.3, -0.25) is 14.5 Å². The minimum absolute atomic E-state index is 0.0239. The number of rotatable bonds is 3. The van der Waals surface area contributed by atoms with Gasteiger partial charge in [0.15, 0.2) is 12.2 Å². The van der Waals surface area contributed by atoms with E-state index in [0.29, 0.717) is 18.0 Å². The lowest BCUT2D eigenvalue weighted by Crippen LogP contribution is -2.54. The molecule has 8 heteroatoms. The summed E-state index contributed by atoms with van der Waals surface area (Å²) in [5, 5.41) is 9.02. The van der Waals surface area contributed by atoms with Crippen molar-refractivity contribution >= 4 is 23.5 Å². The Kier molecular flexibility index (Phi) is 4.39. The summed E-state index contributed by atoms with van der Waals surface area (Å²) in [6, 6.07) is 7.01. The molecule has 1 saturated heterocycles. The lowest BCUT2D eigenvalue weighted by Gasteiger charge is -2.35. The predicted molar refractivity (Wildman–Crippen MR) is 82.8 cm³/mol. The van der Waals surface area contributed by atoms with Crippen LogP contribution >= 0.6 is 0 Å². The maximum atomic E-state index is 12.5. The SMILES string of the molecule is C[C@H]1Oc2ccccc2N(CC(=O)N2CCO[C@@H](C(=O)O)C2)C1=O. The number of amides is 2. The molecule has 2 heterocycles. The Balaban J connectivity index is 1.76. The number of hydrogen-bond donors (Lipinski definition) is 1. The fraction of sp³-hybridized carbons (Fsp3) is 0.438. The highest BCUT2D eigenvalue weighted by molar-refractivity contribution is 6.03. The minimum Gasteiger partial charge on any atom is -0.479 e. The van der Waals surface area contributed by atoms with Crippen LogP contribution in [0.3, 0.4) is 0 Å². The third kappa shape index (κ3) is 3.05. The quantitative estimate of drug-likeness (QED) is 0.843. The maximum Gasteiger partial charge on any atom is 0.334 e. The van der Waals surface area contributed by atoms with E-state index in [9.17, 15) is 14.4 Å². The summed E-state index contributed by atoms with van der Waals surface area (Å²) in [4.78, 5) is 38.8. The van der Waals surface area contributed by atoms with E-state index in [1.165, 1.54) is 9.80 Å². The zero-order valence-electron chi connectivity index (χ0n) is 13.2. The van der Waals surface area contributed by atoms with Gasteiger partial charge in [0.05, 0.1) is 18.8 Å². The molecule has 2 atom stereocenters. The fourth-order valence-electron chi connectivity index (χ4n) is 2.78. The number of fused-ring (bicyclic) bond motifs is 1. The first kappa shape index (κ1) is 16.3. The summed E-state index contributed by atoms with van der Waals surface area (Å²) < 4.78 is 10.6. The molecule has 0 saturated carbocycles. The van der Waals surface area contributed by atoms with Crippen LogP contribution in [0.15, 0.2) is 24.3 Å². The van der Waals surface area contributed by atoms with E-state index >= 15 is 0 Å². The molecule has 0 spiro atoms. The summed E-state index contributed by atoms with van der Waals surface area (Å²) >= 11 is 0. The molecule has 0 bridgehead atoms. The Hall–Kier alpha value is -2.61. The van der Waals surface area contributed by atoms with Crippen LogP contribution in [0.4, 0.5) is 5.69 Å². The van der Waals surface area contributed by atoms with Crippen LogP contribution in [0.1, 0.15) is 6.92 Å². The van der Waals surface area contributed by atoms with E-state index in [-0.39, 0.29) is 31.5 Å². The number of anilines is 1. The number of para-hydroxylation sites is 2. The maximum absolute atomic E-state index is 12.5. The fourth-order valence-corrected chi connectivity index (χ4v) is 2.78. The number of benzene rings is 1. The topological polar surface area (TPSA) is 96.4 Å². The van der Waals surface area contributed by atoms with Gasteiger partial charge in [0, 0.05) is 6.54 Å². The number of carbonyl (C=O) groups is 3. The molecular weight excluding hydrogens is 316 g/mol. The lowest BCUT2D eigenvalue weighted by atomic mass is 10.2. The van der Waals surface area contributed by atoms with Crippen LogP contribution in [0.5, 0.6) is 5.75 Å². The van der Waals surface area contributed by atoms with Gasteiger partial charge in [-0.25, -0.2) is 4.79 Å². The third-order valence-electron chi connectivity index (χ3n) is 4.06. The van der Waals surface area contributed by atoms with Crippen molar-refractivity contribution in [2.45, 2.75) is 19.1 Å². The standard InChI is InChI=1S/C16H18N2O6/c1-10-15(20)18(11-4-2-3-5-12(11)24-10)9-14(19)17-6-7-23-13(8-17)16(21)22/h2-5,10,13H,6-9H2,1H3,(H,21,22)/t10-,13-/m1/s1. The Bertz CT molecular complexity index is 676. The second-order valence-electron chi connectivity index (χ2n) is 5.69. The van der Waals surface area contributed by atoms with E-state index in [2.05, 4.69) is 0 Å². The van der Waals surface area contributed by atoms with Gasteiger partial charge in [0.25, 0.3) is 5.91 Å². The van der Waals surface area contributed by atoms with Crippen LogP contribution in [0, 0.1) is 0 Å². The van der Waals surface area contributed by atoms with Crippen LogP contribution in [0.2, 0.25) is 0 Å². The molecule has 8 nitrogen and oxygen atoms in total. The number of morpholine rings is 1. The summed E-state index contributed by atoms with van der Waals surface area (Å²) in [6.07, 6.45) is -1.71. The van der Waals surface area contributed by atoms with E-state index in [0.717, 1.165) is 0 Å². The van der Waals surface area contributed by atoms with Crippen molar-refractivity contribution in [3.8, 4) is 5.75 Å². The zero-order chi connectivity index (χ0) is 17.3. The molecule has 2 aliphatic heterocycles. The van der Waals surface area contributed by atoms with Crippen molar-refractivity contribution in [1.29, 1.82) is 0 Å². The predicted octanol–water partition coefficient (Wildman–Crippen LogP) is 0.112. The lowest BCUT2D eigenvalue weighted by molar-refractivity contribution is -0.159. The van der Waals surface area contributed by atoms with Gasteiger partial charge in [-0.2, -0.15) is 0 Å². The molecule has 1 fully saturated rings. The van der Waals surface area contributed by atoms with Crippen molar-refractivity contribution in [3.05, 3.63) is 24.3 Å². The second-order valence-corrected chi connectivity index (χ2v) is 5.69. The van der Waals surface area contributed by atoms with Gasteiger partial charge in [-0.1, -0.05) is 12.1 Å². The van der Waals surface area contributed by atoms with E-state index in [1.54, 1.807) is 31.2 Å². The smallest absolute Gasteiger partial charge is 0.334 e. The van der Waals surface area contributed by atoms with Crippen LogP contribution in [-0.2, 0) is 19.1 Å². The number of carboxylic acid groups (broad SMARTS) is 1. The summed E-state index contributed by atoms with van der Waals surface area (Å²) in [7, 11) is 0. The largest absolute Gasteiger partial charge is 0.479 e. The van der Waals surface area contributed by atoms with Gasteiger partial charge < -0.3 is 19.5 Å². The van der Waals surface area contributed by atoms with Crippen molar-refractivity contribution in [2.75, 3.05) is 31.1 Å². The average Bonchev–Trinajstić information content (AvgIpc) is 2.58. The number of carbonyl (C=O) groups excluding carboxylic acids is 2. The van der Waals surface area contributed by atoms with Gasteiger partial charge in [-0.05, 0) is 19.1 Å². The first-order valence-electron chi connectivity index (χ1n) is 7.66. The highest BCUT2D eigenvalue weighted by Gasteiger charge is 2.35. The van der Waals surface area contributed by atoms with Gasteiger partial charge >= 0.3 is 5.97 Å². The molecular formula is C16H18N2O6. The van der Waals surface area contributed by atoms with E-state index in [1.807, 2.05) is 0 Å². The van der Waals surface area contributed by atoms with Crippen LogP contribution < -0.4 is 9.64 Å². The van der Waals surface area contributed by atoms with Crippen molar-refractivity contribution in [2.24, 2.45) is 0 Å². The molecule has 0 aliphatic carbocycles. The Morgan fingerprint density at radius 2 is 2.08 bits per heavy atom. The van der Waals surface area contributed by atoms with Crippen LogP contribution in [-0.4, -0.2) is 66.2 Å². The Labute approximate surface area is 138 Å². The molecule has 0 radical (unpaired) electrons. The second kappa shape index (κ2) is 6.48. The van der Waals surface area contributed by atoms with Gasteiger partial charge in [0.1, 0.15) is 12.3 Å². The first-order valence-corrected chi connectivity index (χ1v) is 7.66. The molecule has 2 amide bonds. The van der Waals surface area contributed by atoms with Crippen molar-refractivity contribution in [1.82, 2.24) is 4.90 Å². The summed E-state index contributed by atoms with van der Waals surface area (Å²) in [5.41, 5.74) is 0.539. The molecule has 1 N–H and O–H groups in total. The molecule has 3 rings (SSSR count). The molecule has 0 unspecified atom stereocenters. The number of aliphatic carboxylic acids is 1. The third-order valence-corrected chi connectivity index (χ3v) is 4.06. The molecule has 1 aromatic carbocycles.